The fourth-order valence-corrected chi connectivity index (χ4v) is 3.65. The Morgan fingerprint density at radius 3 is 2.44 bits per heavy atom. The van der Waals surface area contributed by atoms with E-state index in [9.17, 15) is 13.2 Å². The molecule has 1 amide bonds. The smallest absolute Gasteiger partial charge is 0.258 e. The average Bonchev–Trinajstić information content (AvgIpc) is 2.64. The molecule has 0 aliphatic carbocycles. The van der Waals surface area contributed by atoms with Crippen molar-refractivity contribution in [2.75, 3.05) is 13.7 Å². The van der Waals surface area contributed by atoms with Crippen LogP contribution in [0.3, 0.4) is 0 Å². The van der Waals surface area contributed by atoms with Crippen molar-refractivity contribution in [3.63, 3.8) is 0 Å². The summed E-state index contributed by atoms with van der Waals surface area (Å²) in [6.07, 6.45) is 0. The first-order valence-electron chi connectivity index (χ1n) is 8.45. The number of ether oxygens (including phenoxy) is 2. The molecule has 2 rings (SSSR count). The van der Waals surface area contributed by atoms with Gasteiger partial charge in [0, 0.05) is 12.6 Å². The lowest BCUT2D eigenvalue weighted by molar-refractivity contribution is -0.123. The number of carbonyl (C=O) groups is 1. The topological polar surface area (TPSA) is 93.7 Å². The molecule has 0 atom stereocenters. The molecule has 2 aromatic rings. The molecule has 2 N–H and O–H groups in total. The maximum absolute atomic E-state index is 12.2. The van der Waals surface area contributed by atoms with Gasteiger partial charge in [-0.05, 0) is 43.7 Å². The fourth-order valence-electron chi connectivity index (χ4n) is 2.33. The van der Waals surface area contributed by atoms with E-state index in [1.807, 2.05) is 0 Å². The zero-order chi connectivity index (χ0) is 19.9. The van der Waals surface area contributed by atoms with Crippen molar-refractivity contribution >= 4 is 15.9 Å². The molecule has 0 radical (unpaired) electrons. The number of amides is 1. The lowest BCUT2D eigenvalue weighted by Gasteiger charge is -2.12. The predicted octanol–water partition coefficient (Wildman–Crippen LogP) is 2.08. The van der Waals surface area contributed by atoms with Crippen LogP contribution in [0, 0.1) is 0 Å². The minimum absolute atomic E-state index is 0.160. The van der Waals surface area contributed by atoms with E-state index in [1.54, 1.807) is 50.2 Å². The van der Waals surface area contributed by atoms with Crippen LogP contribution in [0.2, 0.25) is 0 Å². The van der Waals surface area contributed by atoms with Gasteiger partial charge in [0.15, 0.2) is 18.1 Å². The van der Waals surface area contributed by atoms with E-state index in [4.69, 9.17) is 9.47 Å². The highest BCUT2D eigenvalue weighted by atomic mass is 32.2. The lowest BCUT2D eigenvalue weighted by atomic mass is 10.2. The number of sulfonamides is 1. The molecule has 2 aromatic carbocycles. The second-order valence-corrected chi connectivity index (χ2v) is 7.85. The van der Waals surface area contributed by atoms with Crippen LogP contribution in [0.25, 0.3) is 0 Å². The maximum atomic E-state index is 12.2. The number of para-hydroxylation sites is 2. The molecule has 0 aliphatic rings. The minimum atomic E-state index is -3.58. The Morgan fingerprint density at radius 2 is 1.78 bits per heavy atom. The molecular weight excluding hydrogens is 368 g/mol. The first-order chi connectivity index (χ1) is 12.8. The van der Waals surface area contributed by atoms with Crippen LogP contribution in [0.4, 0.5) is 0 Å². The van der Waals surface area contributed by atoms with Gasteiger partial charge < -0.3 is 14.8 Å². The number of hydrogen-bond donors (Lipinski definition) is 2. The molecule has 0 heterocycles. The molecule has 0 fully saturated rings. The van der Waals surface area contributed by atoms with Gasteiger partial charge in [0.1, 0.15) is 0 Å². The highest BCUT2D eigenvalue weighted by Gasteiger charge is 2.15. The molecule has 0 unspecified atom stereocenters. The summed E-state index contributed by atoms with van der Waals surface area (Å²) < 4.78 is 37.6. The van der Waals surface area contributed by atoms with Gasteiger partial charge in [0.05, 0.1) is 12.0 Å². The van der Waals surface area contributed by atoms with Gasteiger partial charge in [0.25, 0.3) is 5.91 Å². The molecule has 0 saturated heterocycles. The van der Waals surface area contributed by atoms with Crippen LogP contribution in [0.1, 0.15) is 19.4 Å². The van der Waals surface area contributed by atoms with E-state index >= 15 is 0 Å². The molecule has 0 bridgehead atoms. The van der Waals surface area contributed by atoms with Crippen molar-refractivity contribution in [2.24, 2.45) is 0 Å². The predicted molar refractivity (Wildman–Crippen MR) is 102 cm³/mol. The first-order valence-corrected chi connectivity index (χ1v) is 9.94. The van der Waals surface area contributed by atoms with Gasteiger partial charge in [-0.25, -0.2) is 13.1 Å². The van der Waals surface area contributed by atoms with Gasteiger partial charge in [-0.2, -0.15) is 0 Å². The Morgan fingerprint density at radius 1 is 1.07 bits per heavy atom. The monoisotopic (exact) mass is 392 g/mol. The number of hydrogen-bond acceptors (Lipinski definition) is 5. The Bertz CT molecular complexity index is 881. The zero-order valence-corrected chi connectivity index (χ0v) is 16.4. The van der Waals surface area contributed by atoms with Crippen LogP contribution in [0.5, 0.6) is 11.5 Å². The molecule has 7 nitrogen and oxygen atoms in total. The summed E-state index contributed by atoms with van der Waals surface area (Å²) in [5.41, 5.74) is 0.673. The zero-order valence-electron chi connectivity index (χ0n) is 15.6. The summed E-state index contributed by atoms with van der Waals surface area (Å²) >= 11 is 0. The average molecular weight is 392 g/mol. The molecule has 0 aliphatic heterocycles. The Hall–Kier alpha value is -2.58. The van der Waals surface area contributed by atoms with Crippen molar-refractivity contribution in [1.82, 2.24) is 10.0 Å². The van der Waals surface area contributed by atoms with Crippen molar-refractivity contribution in [3.05, 3.63) is 54.1 Å². The number of benzene rings is 2. The van der Waals surface area contributed by atoms with Gasteiger partial charge in [-0.15, -0.1) is 0 Å². The SMILES string of the molecule is COc1ccccc1OCC(=O)NCc1cccc(S(=O)(=O)NC(C)C)c1. The van der Waals surface area contributed by atoms with Gasteiger partial charge in [-0.1, -0.05) is 24.3 Å². The minimum Gasteiger partial charge on any atom is -0.493 e. The third-order valence-electron chi connectivity index (χ3n) is 3.52. The first kappa shape index (κ1) is 20.7. The number of methoxy groups -OCH3 is 1. The van der Waals surface area contributed by atoms with E-state index < -0.39 is 10.0 Å². The van der Waals surface area contributed by atoms with Gasteiger partial charge >= 0.3 is 0 Å². The molecule has 27 heavy (non-hydrogen) atoms. The fraction of sp³-hybridized carbons (Fsp3) is 0.316. The summed E-state index contributed by atoms with van der Waals surface area (Å²) in [5, 5.41) is 2.71. The molecule has 0 spiro atoms. The van der Waals surface area contributed by atoms with Crippen LogP contribution >= 0.6 is 0 Å². The quantitative estimate of drug-likeness (QED) is 0.681. The Labute approximate surface area is 159 Å². The highest BCUT2D eigenvalue weighted by Crippen LogP contribution is 2.25. The summed E-state index contributed by atoms with van der Waals surface area (Å²) in [5.74, 6) is 0.693. The van der Waals surface area contributed by atoms with E-state index in [2.05, 4.69) is 10.0 Å². The van der Waals surface area contributed by atoms with Crippen molar-refractivity contribution < 1.29 is 22.7 Å². The van der Waals surface area contributed by atoms with E-state index in [0.29, 0.717) is 17.1 Å². The number of carbonyl (C=O) groups excluding carboxylic acids is 1. The largest absolute Gasteiger partial charge is 0.493 e. The second-order valence-electron chi connectivity index (χ2n) is 6.14. The molecular formula is C19H24N2O5S. The molecule has 0 aromatic heterocycles. The second kappa shape index (κ2) is 9.38. The number of nitrogens with one attached hydrogen (secondary N) is 2. The maximum Gasteiger partial charge on any atom is 0.258 e. The summed E-state index contributed by atoms with van der Waals surface area (Å²) in [6.45, 7) is 3.53. The third kappa shape index (κ3) is 6.26. The van der Waals surface area contributed by atoms with Crippen molar-refractivity contribution in [3.8, 4) is 11.5 Å². The molecule has 0 saturated carbocycles. The van der Waals surface area contributed by atoms with Gasteiger partial charge in [0.2, 0.25) is 10.0 Å². The Kier molecular flexibility index (Phi) is 7.20. The van der Waals surface area contributed by atoms with Crippen LogP contribution in [-0.4, -0.2) is 34.1 Å². The normalized spacial score (nSPS) is 11.3. The highest BCUT2D eigenvalue weighted by molar-refractivity contribution is 7.89. The summed E-state index contributed by atoms with van der Waals surface area (Å²) in [4.78, 5) is 12.2. The Balaban J connectivity index is 1.93. The van der Waals surface area contributed by atoms with Crippen LogP contribution in [-0.2, 0) is 21.4 Å². The van der Waals surface area contributed by atoms with Crippen LogP contribution in [0.15, 0.2) is 53.4 Å². The van der Waals surface area contributed by atoms with Crippen molar-refractivity contribution in [1.29, 1.82) is 0 Å². The third-order valence-corrected chi connectivity index (χ3v) is 5.17. The van der Waals surface area contributed by atoms with Crippen molar-refractivity contribution in [2.45, 2.75) is 31.3 Å². The summed E-state index contributed by atoms with van der Waals surface area (Å²) in [7, 11) is -2.05. The lowest BCUT2D eigenvalue weighted by Crippen LogP contribution is -2.30. The van der Waals surface area contributed by atoms with Crippen LogP contribution < -0.4 is 19.5 Å². The van der Waals surface area contributed by atoms with E-state index in [-0.39, 0.29) is 30.0 Å². The summed E-state index contributed by atoms with van der Waals surface area (Å²) in [6, 6.07) is 13.3. The molecule has 8 heteroatoms. The number of rotatable bonds is 9. The van der Waals surface area contributed by atoms with E-state index in [0.717, 1.165) is 0 Å². The molecule has 146 valence electrons. The van der Waals surface area contributed by atoms with Gasteiger partial charge in [-0.3, -0.25) is 4.79 Å². The standard InChI is InChI=1S/C19H24N2O5S/c1-14(2)21-27(23,24)16-8-6-7-15(11-16)12-20-19(22)13-26-18-10-5-4-9-17(18)25-3/h4-11,14,21H,12-13H2,1-3H3,(H,20,22). The van der Waals surface area contributed by atoms with E-state index in [1.165, 1.54) is 19.2 Å².